The van der Waals surface area contributed by atoms with Crippen LogP contribution in [0.4, 0.5) is 8.78 Å². The molecular weight excluding hydrogens is 444 g/mol. The fourth-order valence-electron chi connectivity index (χ4n) is 4.99. The number of carbonyl (C=O) groups excluding carboxylic acids is 1. The molecule has 0 aliphatic carbocycles. The van der Waals surface area contributed by atoms with Gasteiger partial charge < -0.3 is 15.4 Å². The monoisotopic (exact) mass is 465 g/mol. The van der Waals surface area contributed by atoms with Gasteiger partial charge in [0.2, 0.25) is 0 Å². The van der Waals surface area contributed by atoms with E-state index in [0.29, 0.717) is 26.4 Å². The molecule has 3 atom stereocenters. The number of methoxy groups -OCH3 is 1. The highest BCUT2D eigenvalue weighted by molar-refractivity contribution is 7.18. The minimum atomic E-state index is -0.649. The number of rotatable bonds is 4. The van der Waals surface area contributed by atoms with Gasteiger partial charge in [-0.2, -0.15) is 5.26 Å². The summed E-state index contributed by atoms with van der Waals surface area (Å²) >= 11 is 1.25. The van der Waals surface area contributed by atoms with E-state index in [1.807, 2.05) is 11.0 Å². The quantitative estimate of drug-likeness (QED) is 0.592. The van der Waals surface area contributed by atoms with Gasteiger partial charge in [0.25, 0.3) is 5.91 Å². The number of nitriles is 1. The first kappa shape index (κ1) is 21.6. The first-order chi connectivity index (χ1) is 15.9. The predicted octanol–water partition coefficient (Wildman–Crippen LogP) is 4.94. The van der Waals surface area contributed by atoms with Crippen molar-refractivity contribution in [3.8, 4) is 33.4 Å². The zero-order chi connectivity index (χ0) is 23.3. The van der Waals surface area contributed by atoms with Crippen LogP contribution in [0, 0.1) is 23.0 Å². The lowest BCUT2D eigenvalue weighted by Gasteiger charge is -2.22. The molecule has 2 aromatic carbocycles. The van der Waals surface area contributed by atoms with Gasteiger partial charge in [-0.3, -0.25) is 4.79 Å². The number of halogens is 2. The summed E-state index contributed by atoms with van der Waals surface area (Å²) in [5, 5.41) is 9.07. The molecule has 2 N–H and O–H groups in total. The molecular formula is C25H21F2N3O2S. The van der Waals surface area contributed by atoms with Gasteiger partial charge in [-0.1, -0.05) is 6.07 Å². The SMILES string of the molecule is COc1ccc(-c2sc(C(=O)N3[C@H]4CC[C@@H]3[C@@H](N)C4)cc2-c2ccc(C#N)c(F)c2)cc1F. The van der Waals surface area contributed by atoms with E-state index >= 15 is 0 Å². The Hall–Kier alpha value is -3.28. The molecule has 2 bridgehead atoms. The van der Waals surface area contributed by atoms with E-state index < -0.39 is 11.6 Å². The topological polar surface area (TPSA) is 79.3 Å². The molecule has 2 saturated heterocycles. The van der Waals surface area contributed by atoms with Gasteiger partial charge in [-0.05, 0) is 66.8 Å². The molecule has 0 radical (unpaired) electrons. The molecule has 0 unspecified atom stereocenters. The van der Waals surface area contributed by atoms with Gasteiger partial charge in [0.1, 0.15) is 11.9 Å². The van der Waals surface area contributed by atoms with E-state index in [9.17, 15) is 13.6 Å². The Balaban J connectivity index is 1.62. The molecule has 33 heavy (non-hydrogen) atoms. The number of ether oxygens (including phenoxy) is 1. The van der Waals surface area contributed by atoms with Crippen molar-refractivity contribution in [1.29, 1.82) is 5.26 Å². The van der Waals surface area contributed by atoms with E-state index in [2.05, 4.69) is 0 Å². The number of nitrogens with zero attached hydrogens (tertiary/aromatic N) is 2. The number of nitrogens with two attached hydrogens (primary N) is 1. The predicted molar refractivity (Wildman–Crippen MR) is 122 cm³/mol. The smallest absolute Gasteiger partial charge is 0.264 e. The van der Waals surface area contributed by atoms with Crippen molar-refractivity contribution in [3.63, 3.8) is 0 Å². The molecule has 2 aliphatic heterocycles. The zero-order valence-electron chi connectivity index (χ0n) is 17.8. The van der Waals surface area contributed by atoms with Gasteiger partial charge in [0.15, 0.2) is 11.6 Å². The first-order valence-corrected chi connectivity index (χ1v) is 11.5. The van der Waals surface area contributed by atoms with Crippen LogP contribution in [0.1, 0.15) is 34.5 Å². The maximum atomic E-state index is 14.5. The summed E-state index contributed by atoms with van der Waals surface area (Å²) in [6.07, 6.45) is 2.64. The van der Waals surface area contributed by atoms with Crippen LogP contribution < -0.4 is 10.5 Å². The molecule has 5 nitrogen and oxygen atoms in total. The van der Waals surface area contributed by atoms with Crippen LogP contribution in [0.5, 0.6) is 5.75 Å². The second-order valence-electron chi connectivity index (χ2n) is 8.42. The van der Waals surface area contributed by atoms with Gasteiger partial charge in [0, 0.05) is 28.6 Å². The lowest BCUT2D eigenvalue weighted by atomic mass is 9.97. The second-order valence-corrected chi connectivity index (χ2v) is 9.47. The van der Waals surface area contributed by atoms with Gasteiger partial charge in [-0.25, -0.2) is 8.78 Å². The normalized spacial score (nSPS) is 21.3. The summed E-state index contributed by atoms with van der Waals surface area (Å²) in [4.78, 5) is 16.5. The number of amides is 1. The molecule has 1 aromatic heterocycles. The van der Waals surface area contributed by atoms with Crippen molar-refractivity contribution < 1.29 is 18.3 Å². The van der Waals surface area contributed by atoms with Crippen LogP contribution in [0.25, 0.3) is 21.6 Å². The largest absolute Gasteiger partial charge is 0.494 e. The molecule has 2 aliphatic rings. The fraction of sp³-hybridized carbons (Fsp3) is 0.280. The zero-order valence-corrected chi connectivity index (χ0v) is 18.7. The van der Waals surface area contributed by atoms with E-state index in [1.165, 1.54) is 42.7 Å². The molecule has 3 heterocycles. The number of hydrogen-bond acceptors (Lipinski definition) is 5. The van der Waals surface area contributed by atoms with Crippen LogP contribution >= 0.6 is 11.3 Å². The lowest BCUT2D eigenvalue weighted by molar-refractivity contribution is 0.0731. The minimum Gasteiger partial charge on any atom is -0.494 e. The van der Waals surface area contributed by atoms with Crippen molar-refractivity contribution in [2.24, 2.45) is 5.73 Å². The summed E-state index contributed by atoms with van der Waals surface area (Å²) in [7, 11) is 1.39. The maximum Gasteiger partial charge on any atom is 0.264 e. The third-order valence-corrected chi connectivity index (χ3v) is 7.75. The highest BCUT2D eigenvalue weighted by Crippen LogP contribution is 2.44. The minimum absolute atomic E-state index is 0.0186. The summed E-state index contributed by atoms with van der Waals surface area (Å²) in [5.74, 6) is -1.17. The van der Waals surface area contributed by atoms with Crippen molar-refractivity contribution in [2.75, 3.05) is 7.11 Å². The molecule has 1 amide bonds. The van der Waals surface area contributed by atoms with Gasteiger partial charge in [-0.15, -0.1) is 11.3 Å². The Morgan fingerprint density at radius 3 is 2.52 bits per heavy atom. The molecule has 3 aromatic rings. The summed E-state index contributed by atoms with van der Waals surface area (Å²) < 4.78 is 33.9. The van der Waals surface area contributed by atoms with Crippen LogP contribution in [-0.2, 0) is 0 Å². The summed E-state index contributed by atoms with van der Waals surface area (Å²) in [5.41, 5.74) is 7.82. The number of benzene rings is 2. The fourth-order valence-corrected chi connectivity index (χ4v) is 6.11. The van der Waals surface area contributed by atoms with E-state index in [-0.39, 0.29) is 35.3 Å². The molecule has 0 spiro atoms. The van der Waals surface area contributed by atoms with Crippen molar-refractivity contribution in [1.82, 2.24) is 4.90 Å². The van der Waals surface area contributed by atoms with Crippen LogP contribution in [0.3, 0.4) is 0 Å². The second kappa shape index (κ2) is 8.25. The lowest BCUT2D eigenvalue weighted by Crippen LogP contribution is -2.40. The van der Waals surface area contributed by atoms with Crippen LogP contribution in [0.15, 0.2) is 42.5 Å². The average molecular weight is 466 g/mol. The van der Waals surface area contributed by atoms with E-state index in [0.717, 1.165) is 19.3 Å². The number of hydrogen-bond donors (Lipinski definition) is 1. The number of thiophene rings is 1. The Labute approximate surface area is 194 Å². The van der Waals surface area contributed by atoms with Gasteiger partial charge in [0.05, 0.1) is 17.6 Å². The molecule has 5 rings (SSSR count). The van der Waals surface area contributed by atoms with E-state index in [1.54, 1.807) is 18.2 Å². The maximum absolute atomic E-state index is 14.5. The Bertz CT molecular complexity index is 1300. The summed E-state index contributed by atoms with van der Waals surface area (Å²) in [6.45, 7) is 0. The third-order valence-electron chi connectivity index (χ3n) is 6.58. The number of carbonyl (C=O) groups is 1. The highest BCUT2D eigenvalue weighted by atomic mass is 32.1. The average Bonchev–Trinajstić information content (AvgIpc) is 3.51. The molecule has 8 heteroatoms. The number of fused-ring (bicyclic) bond motifs is 2. The Kier molecular flexibility index (Phi) is 5.39. The Morgan fingerprint density at radius 1 is 1.15 bits per heavy atom. The summed E-state index contributed by atoms with van der Waals surface area (Å²) in [6, 6.07) is 12.6. The van der Waals surface area contributed by atoms with Crippen LogP contribution in [0.2, 0.25) is 0 Å². The van der Waals surface area contributed by atoms with Gasteiger partial charge >= 0.3 is 0 Å². The van der Waals surface area contributed by atoms with Crippen LogP contribution in [-0.4, -0.2) is 36.0 Å². The molecule has 168 valence electrons. The third kappa shape index (κ3) is 3.58. The van der Waals surface area contributed by atoms with Crippen molar-refractivity contribution >= 4 is 17.2 Å². The van der Waals surface area contributed by atoms with E-state index in [4.69, 9.17) is 15.7 Å². The standard InChI is InChI=1S/C25H21F2N3O2S/c1-32-22-7-4-14(9-19(22)27)24-17(13-2-3-15(12-28)18(26)8-13)11-23(33-24)25(31)30-16-5-6-21(30)20(29)10-16/h2-4,7-9,11,16,20-21H,5-6,10,29H2,1H3/t16-,20-,21+/m0/s1. The van der Waals surface area contributed by atoms with Crippen molar-refractivity contribution in [2.45, 2.75) is 37.4 Å². The first-order valence-electron chi connectivity index (χ1n) is 10.7. The highest BCUT2D eigenvalue weighted by Gasteiger charge is 2.47. The molecule has 2 fully saturated rings. The van der Waals surface area contributed by atoms with Crippen molar-refractivity contribution in [3.05, 3.63) is 64.5 Å². The molecule has 0 saturated carbocycles. The Morgan fingerprint density at radius 2 is 1.91 bits per heavy atom.